The van der Waals surface area contributed by atoms with Crippen LogP contribution >= 0.6 is 15.9 Å². The largest absolute Gasteiger partial charge is 0.382 e. The molecule has 0 radical (unpaired) electrons. The molecule has 0 amide bonds. The van der Waals surface area contributed by atoms with E-state index in [1.54, 1.807) is 0 Å². The molecule has 1 aliphatic carbocycles. The van der Waals surface area contributed by atoms with Gasteiger partial charge in [-0.25, -0.2) is 0 Å². The van der Waals surface area contributed by atoms with E-state index in [1.807, 2.05) is 0 Å². The van der Waals surface area contributed by atoms with E-state index in [0.29, 0.717) is 6.04 Å². The molecule has 1 fully saturated rings. The number of benzene rings is 1. The van der Waals surface area contributed by atoms with Crippen molar-refractivity contribution < 1.29 is 0 Å². The van der Waals surface area contributed by atoms with Gasteiger partial charge in [0.15, 0.2) is 0 Å². The molecule has 76 valence electrons. The third-order valence-corrected chi connectivity index (χ3v) is 3.30. The molecule has 2 heteroatoms. The number of hydrogen-bond donors (Lipinski definition) is 1. The number of rotatable bonds is 4. The van der Waals surface area contributed by atoms with Crippen LogP contribution in [-0.2, 0) is 0 Å². The number of anilines is 1. The van der Waals surface area contributed by atoms with E-state index in [4.69, 9.17) is 0 Å². The Bertz CT molecular complexity index is 307. The molecule has 0 aromatic heterocycles. The van der Waals surface area contributed by atoms with E-state index >= 15 is 0 Å². The summed E-state index contributed by atoms with van der Waals surface area (Å²) in [4.78, 5) is 0. The lowest BCUT2D eigenvalue weighted by molar-refractivity contribution is 0.616. The van der Waals surface area contributed by atoms with Crippen LogP contribution in [0.1, 0.15) is 26.2 Å². The van der Waals surface area contributed by atoms with Gasteiger partial charge in [0, 0.05) is 16.2 Å². The fraction of sp³-hybridized carbons (Fsp3) is 0.500. The third-order valence-electron chi connectivity index (χ3n) is 2.81. The predicted molar refractivity (Wildman–Crippen MR) is 64.6 cm³/mol. The van der Waals surface area contributed by atoms with E-state index in [-0.39, 0.29) is 0 Å². The van der Waals surface area contributed by atoms with Gasteiger partial charge < -0.3 is 5.32 Å². The van der Waals surface area contributed by atoms with Gasteiger partial charge in [-0.15, -0.1) is 0 Å². The first-order chi connectivity index (χ1) is 6.79. The van der Waals surface area contributed by atoms with Crippen molar-refractivity contribution in [2.24, 2.45) is 5.92 Å². The van der Waals surface area contributed by atoms with Crippen molar-refractivity contribution >= 4 is 21.6 Å². The van der Waals surface area contributed by atoms with Crippen molar-refractivity contribution in [1.29, 1.82) is 0 Å². The maximum absolute atomic E-state index is 3.60. The highest BCUT2D eigenvalue weighted by Gasteiger charge is 2.29. The highest BCUT2D eigenvalue weighted by atomic mass is 79.9. The normalized spacial score (nSPS) is 17.9. The fourth-order valence-electron chi connectivity index (χ4n) is 1.84. The Labute approximate surface area is 94.0 Å². The average Bonchev–Trinajstić information content (AvgIpc) is 2.97. The molecule has 14 heavy (non-hydrogen) atoms. The number of hydrogen-bond acceptors (Lipinski definition) is 1. The molecule has 0 heterocycles. The molecule has 1 aromatic carbocycles. The minimum absolute atomic E-state index is 0.671. The van der Waals surface area contributed by atoms with Gasteiger partial charge in [-0.1, -0.05) is 28.9 Å². The van der Waals surface area contributed by atoms with Crippen LogP contribution in [0, 0.1) is 5.92 Å². The molecule has 1 saturated carbocycles. The maximum atomic E-state index is 3.60. The molecule has 1 unspecified atom stereocenters. The van der Waals surface area contributed by atoms with Crippen LogP contribution in [0.4, 0.5) is 5.69 Å². The highest BCUT2D eigenvalue weighted by molar-refractivity contribution is 9.10. The van der Waals surface area contributed by atoms with Gasteiger partial charge in [0.05, 0.1) is 0 Å². The Morgan fingerprint density at radius 3 is 2.86 bits per heavy atom. The van der Waals surface area contributed by atoms with Gasteiger partial charge in [-0.3, -0.25) is 0 Å². The molecule has 1 atom stereocenters. The standard InChI is InChI=1S/C12H16BrN/c1-2-12(9-6-7-9)14-11-5-3-4-10(13)8-11/h3-5,8-9,12,14H,2,6-7H2,1H3. The van der Waals surface area contributed by atoms with Crippen molar-refractivity contribution in [3.05, 3.63) is 28.7 Å². The zero-order chi connectivity index (χ0) is 9.97. The molecule has 1 aliphatic rings. The first-order valence-electron chi connectivity index (χ1n) is 5.31. The zero-order valence-electron chi connectivity index (χ0n) is 8.46. The van der Waals surface area contributed by atoms with Crippen molar-refractivity contribution in [3.8, 4) is 0 Å². The molecule has 0 saturated heterocycles. The molecule has 1 N–H and O–H groups in total. The summed E-state index contributed by atoms with van der Waals surface area (Å²) < 4.78 is 1.15. The molecular formula is C12H16BrN. The average molecular weight is 254 g/mol. The molecule has 2 rings (SSSR count). The predicted octanol–water partition coefficient (Wildman–Crippen LogP) is 4.05. The van der Waals surface area contributed by atoms with Crippen LogP contribution in [0.5, 0.6) is 0 Å². The summed E-state index contributed by atoms with van der Waals surface area (Å²) in [5.74, 6) is 0.916. The van der Waals surface area contributed by atoms with Crippen LogP contribution in [0.2, 0.25) is 0 Å². The second kappa shape index (κ2) is 4.35. The number of nitrogens with one attached hydrogen (secondary N) is 1. The first-order valence-corrected chi connectivity index (χ1v) is 6.11. The van der Waals surface area contributed by atoms with Gasteiger partial charge in [0.1, 0.15) is 0 Å². The van der Waals surface area contributed by atoms with Gasteiger partial charge in [0.25, 0.3) is 0 Å². The van der Waals surface area contributed by atoms with Crippen LogP contribution < -0.4 is 5.32 Å². The summed E-state index contributed by atoms with van der Waals surface area (Å²) in [6.07, 6.45) is 4.02. The van der Waals surface area contributed by atoms with Gasteiger partial charge in [-0.2, -0.15) is 0 Å². The van der Waals surface area contributed by atoms with Crippen molar-refractivity contribution in [3.63, 3.8) is 0 Å². The summed E-state index contributed by atoms with van der Waals surface area (Å²) >= 11 is 3.49. The van der Waals surface area contributed by atoms with Crippen LogP contribution in [0.15, 0.2) is 28.7 Å². The Balaban J connectivity index is 2.01. The minimum Gasteiger partial charge on any atom is -0.382 e. The molecule has 0 aliphatic heterocycles. The second-order valence-electron chi connectivity index (χ2n) is 4.01. The Hall–Kier alpha value is -0.500. The quantitative estimate of drug-likeness (QED) is 0.854. The highest BCUT2D eigenvalue weighted by Crippen LogP contribution is 2.35. The summed E-state index contributed by atoms with van der Waals surface area (Å²) in [6, 6.07) is 9.08. The Morgan fingerprint density at radius 2 is 2.29 bits per heavy atom. The molecule has 1 aromatic rings. The maximum Gasteiger partial charge on any atom is 0.0353 e. The molecule has 0 bridgehead atoms. The van der Waals surface area contributed by atoms with Crippen LogP contribution in [-0.4, -0.2) is 6.04 Å². The first kappa shape index (κ1) is 10.0. The second-order valence-corrected chi connectivity index (χ2v) is 4.92. The van der Waals surface area contributed by atoms with E-state index in [0.717, 1.165) is 10.4 Å². The Kier molecular flexibility index (Phi) is 3.12. The fourth-order valence-corrected chi connectivity index (χ4v) is 2.24. The molecule has 1 nitrogen and oxygen atoms in total. The van der Waals surface area contributed by atoms with Crippen LogP contribution in [0.3, 0.4) is 0 Å². The van der Waals surface area contributed by atoms with Crippen LogP contribution in [0.25, 0.3) is 0 Å². The SMILES string of the molecule is CCC(Nc1cccc(Br)c1)C1CC1. The zero-order valence-corrected chi connectivity index (χ0v) is 10.0. The van der Waals surface area contributed by atoms with Gasteiger partial charge >= 0.3 is 0 Å². The van der Waals surface area contributed by atoms with Crippen molar-refractivity contribution in [2.75, 3.05) is 5.32 Å². The molecular weight excluding hydrogens is 238 g/mol. The van der Waals surface area contributed by atoms with E-state index in [1.165, 1.54) is 24.9 Å². The van der Waals surface area contributed by atoms with E-state index < -0.39 is 0 Å². The summed E-state index contributed by atoms with van der Waals surface area (Å²) in [7, 11) is 0. The molecule has 0 spiro atoms. The summed E-state index contributed by atoms with van der Waals surface area (Å²) in [5.41, 5.74) is 1.23. The lowest BCUT2D eigenvalue weighted by Crippen LogP contribution is -2.20. The lowest BCUT2D eigenvalue weighted by atomic mass is 10.1. The topological polar surface area (TPSA) is 12.0 Å². The monoisotopic (exact) mass is 253 g/mol. The summed E-state index contributed by atoms with van der Waals surface area (Å²) in [5, 5.41) is 3.60. The van der Waals surface area contributed by atoms with Crippen molar-refractivity contribution in [1.82, 2.24) is 0 Å². The minimum atomic E-state index is 0.671. The van der Waals surface area contributed by atoms with Crippen molar-refractivity contribution in [2.45, 2.75) is 32.2 Å². The van der Waals surface area contributed by atoms with Gasteiger partial charge in [0.2, 0.25) is 0 Å². The van der Waals surface area contributed by atoms with E-state index in [2.05, 4.69) is 52.4 Å². The Morgan fingerprint density at radius 1 is 1.50 bits per heavy atom. The van der Waals surface area contributed by atoms with E-state index in [9.17, 15) is 0 Å². The smallest absolute Gasteiger partial charge is 0.0353 e. The third kappa shape index (κ3) is 2.50. The summed E-state index contributed by atoms with van der Waals surface area (Å²) in [6.45, 7) is 2.26. The number of halogens is 1. The van der Waals surface area contributed by atoms with Gasteiger partial charge in [-0.05, 0) is 43.4 Å². The lowest BCUT2D eigenvalue weighted by Gasteiger charge is -2.17.